The Morgan fingerprint density at radius 2 is 1.97 bits per heavy atom. The fourth-order valence-electron chi connectivity index (χ4n) is 3.88. The van der Waals surface area contributed by atoms with Gasteiger partial charge >= 0.3 is 0 Å². The third-order valence-electron chi connectivity index (χ3n) is 5.62. The molecule has 2 heterocycles. The first-order chi connectivity index (χ1) is 14.2. The van der Waals surface area contributed by atoms with Crippen LogP contribution < -0.4 is 4.74 Å². The predicted octanol–water partition coefficient (Wildman–Crippen LogP) is 3.01. The maximum atomic E-state index is 10.4. The number of imidazole rings is 1. The number of aryl methyl sites for hydroxylation is 2. The lowest BCUT2D eigenvalue weighted by molar-refractivity contribution is -0.0164. The third kappa shape index (κ3) is 6.56. The van der Waals surface area contributed by atoms with Gasteiger partial charge in [0.2, 0.25) is 0 Å². The van der Waals surface area contributed by atoms with Crippen LogP contribution in [0.15, 0.2) is 36.7 Å². The summed E-state index contributed by atoms with van der Waals surface area (Å²) in [5.41, 5.74) is 1.17. The Hall–Kier alpha value is -1.89. The Bertz CT molecular complexity index is 734. The molecule has 0 spiro atoms. The van der Waals surface area contributed by atoms with E-state index in [0.717, 1.165) is 69.9 Å². The van der Waals surface area contributed by atoms with Gasteiger partial charge in [-0.2, -0.15) is 0 Å². The summed E-state index contributed by atoms with van der Waals surface area (Å²) in [6, 6.07) is 8.01. The van der Waals surface area contributed by atoms with E-state index in [9.17, 15) is 10.2 Å². The van der Waals surface area contributed by atoms with Crippen LogP contribution in [0.5, 0.6) is 5.75 Å². The Labute approximate surface area is 174 Å². The summed E-state index contributed by atoms with van der Waals surface area (Å²) in [4.78, 5) is 6.89. The van der Waals surface area contributed by atoms with E-state index in [2.05, 4.69) is 27.4 Å². The first-order valence-electron chi connectivity index (χ1n) is 11.0. The van der Waals surface area contributed by atoms with Crippen molar-refractivity contribution in [1.82, 2.24) is 14.5 Å². The summed E-state index contributed by atoms with van der Waals surface area (Å²) in [7, 11) is 0. The molecule has 0 saturated carbocycles. The molecule has 6 heteroatoms. The van der Waals surface area contributed by atoms with Crippen molar-refractivity contribution in [3.63, 3.8) is 0 Å². The van der Waals surface area contributed by atoms with Crippen molar-refractivity contribution in [2.75, 3.05) is 19.7 Å². The summed E-state index contributed by atoms with van der Waals surface area (Å²) in [6.45, 7) is 5.73. The number of aliphatic hydroxyl groups excluding tert-OH is 2. The van der Waals surface area contributed by atoms with Crippen LogP contribution in [0.2, 0.25) is 0 Å². The van der Waals surface area contributed by atoms with Gasteiger partial charge in [0.05, 0.1) is 12.6 Å². The first kappa shape index (κ1) is 21.8. The zero-order valence-electron chi connectivity index (χ0n) is 17.5. The van der Waals surface area contributed by atoms with E-state index in [1.807, 2.05) is 30.6 Å². The van der Waals surface area contributed by atoms with Crippen LogP contribution >= 0.6 is 0 Å². The highest BCUT2D eigenvalue weighted by molar-refractivity contribution is 5.33. The number of aromatic nitrogens is 2. The molecule has 160 valence electrons. The van der Waals surface area contributed by atoms with Crippen molar-refractivity contribution < 1.29 is 14.9 Å². The quantitative estimate of drug-likeness (QED) is 0.824. The standard InChI is InChI=1S/C23H35N3O3/c1-2-13-26-16-12-24-23(26)17-25-14-7-3-4-8-19-9-5-6-10-22(19)29-18-21(28)20(27)11-15-25/h5-6,9-10,12,16,20-21,27-28H,2-4,7-8,11,13-15,17-18H2,1H3/t20-,21+/m0/s1. The van der Waals surface area contributed by atoms with E-state index in [0.29, 0.717) is 6.42 Å². The van der Waals surface area contributed by atoms with Crippen LogP contribution in [0.4, 0.5) is 0 Å². The van der Waals surface area contributed by atoms with Crippen molar-refractivity contribution in [3.05, 3.63) is 48.0 Å². The highest BCUT2D eigenvalue weighted by Crippen LogP contribution is 2.21. The lowest BCUT2D eigenvalue weighted by Gasteiger charge is -2.26. The van der Waals surface area contributed by atoms with Gasteiger partial charge in [0.15, 0.2) is 0 Å². The summed E-state index contributed by atoms with van der Waals surface area (Å²) >= 11 is 0. The van der Waals surface area contributed by atoms with Crippen LogP contribution in [0.1, 0.15) is 50.4 Å². The Morgan fingerprint density at radius 3 is 2.83 bits per heavy atom. The molecule has 29 heavy (non-hydrogen) atoms. The fourth-order valence-corrected chi connectivity index (χ4v) is 3.88. The van der Waals surface area contributed by atoms with Crippen molar-refractivity contribution in [1.29, 1.82) is 0 Å². The highest BCUT2D eigenvalue weighted by Gasteiger charge is 2.20. The van der Waals surface area contributed by atoms with E-state index in [4.69, 9.17) is 4.74 Å². The van der Waals surface area contributed by atoms with Gasteiger partial charge in [-0.3, -0.25) is 4.90 Å². The number of para-hydroxylation sites is 1. The van der Waals surface area contributed by atoms with Crippen molar-refractivity contribution in [2.45, 2.75) is 70.7 Å². The molecule has 0 radical (unpaired) electrons. The zero-order chi connectivity index (χ0) is 20.5. The van der Waals surface area contributed by atoms with Gasteiger partial charge in [0, 0.05) is 25.5 Å². The van der Waals surface area contributed by atoms with E-state index < -0.39 is 12.2 Å². The van der Waals surface area contributed by atoms with Gasteiger partial charge in [0.1, 0.15) is 24.3 Å². The SMILES string of the molecule is CCCn1ccnc1CN1CCCCCc2ccccc2OC[C@@H](O)[C@@H](O)CC1. The van der Waals surface area contributed by atoms with E-state index in [-0.39, 0.29) is 6.61 Å². The second-order valence-corrected chi connectivity index (χ2v) is 7.97. The molecule has 2 aromatic rings. The molecular formula is C23H35N3O3. The van der Waals surface area contributed by atoms with Gasteiger partial charge in [0.25, 0.3) is 0 Å². The largest absolute Gasteiger partial charge is 0.491 e. The third-order valence-corrected chi connectivity index (χ3v) is 5.62. The highest BCUT2D eigenvalue weighted by atomic mass is 16.5. The molecule has 2 atom stereocenters. The number of ether oxygens (including phenoxy) is 1. The number of fused-ring (bicyclic) bond motifs is 1. The molecule has 3 rings (SSSR count). The van der Waals surface area contributed by atoms with E-state index >= 15 is 0 Å². The molecule has 0 unspecified atom stereocenters. The number of benzene rings is 1. The molecule has 0 aliphatic carbocycles. The molecular weight excluding hydrogens is 366 g/mol. The molecule has 6 nitrogen and oxygen atoms in total. The molecule has 1 aromatic carbocycles. The number of aliphatic hydroxyl groups is 2. The van der Waals surface area contributed by atoms with Crippen LogP contribution in [0.25, 0.3) is 0 Å². The molecule has 1 aliphatic rings. The van der Waals surface area contributed by atoms with Gasteiger partial charge in [-0.15, -0.1) is 0 Å². The molecule has 2 N–H and O–H groups in total. The smallest absolute Gasteiger partial charge is 0.122 e. The maximum absolute atomic E-state index is 10.4. The Balaban J connectivity index is 1.65. The second-order valence-electron chi connectivity index (χ2n) is 7.97. The predicted molar refractivity (Wildman–Crippen MR) is 114 cm³/mol. The Morgan fingerprint density at radius 1 is 1.10 bits per heavy atom. The van der Waals surface area contributed by atoms with Crippen molar-refractivity contribution in [3.8, 4) is 5.75 Å². The molecule has 1 aromatic heterocycles. The van der Waals surface area contributed by atoms with E-state index in [1.54, 1.807) is 0 Å². The number of hydrogen-bond donors (Lipinski definition) is 2. The normalized spacial score (nSPS) is 22.4. The molecule has 0 bridgehead atoms. The van der Waals surface area contributed by atoms with E-state index in [1.165, 1.54) is 5.56 Å². The average Bonchev–Trinajstić information content (AvgIpc) is 3.16. The van der Waals surface area contributed by atoms with Gasteiger partial charge in [-0.05, 0) is 50.3 Å². The van der Waals surface area contributed by atoms with Crippen LogP contribution in [0, 0.1) is 0 Å². The van der Waals surface area contributed by atoms with Crippen LogP contribution in [-0.4, -0.2) is 56.6 Å². The summed E-state index contributed by atoms with van der Waals surface area (Å²) < 4.78 is 8.04. The van der Waals surface area contributed by atoms with Crippen LogP contribution in [-0.2, 0) is 19.5 Å². The molecule has 0 fully saturated rings. The minimum atomic E-state index is -0.894. The van der Waals surface area contributed by atoms with Crippen LogP contribution in [0.3, 0.4) is 0 Å². The van der Waals surface area contributed by atoms with Gasteiger partial charge < -0.3 is 19.5 Å². The number of rotatable bonds is 4. The monoisotopic (exact) mass is 401 g/mol. The minimum Gasteiger partial charge on any atom is -0.491 e. The molecule has 0 saturated heterocycles. The lowest BCUT2D eigenvalue weighted by Crippen LogP contribution is -2.36. The van der Waals surface area contributed by atoms with Crippen molar-refractivity contribution >= 4 is 0 Å². The number of hydrogen-bond acceptors (Lipinski definition) is 5. The van der Waals surface area contributed by atoms with Crippen molar-refractivity contribution in [2.24, 2.45) is 0 Å². The average molecular weight is 402 g/mol. The first-order valence-corrected chi connectivity index (χ1v) is 11.0. The summed E-state index contributed by atoms with van der Waals surface area (Å²) in [5, 5.41) is 20.8. The lowest BCUT2D eigenvalue weighted by atomic mass is 10.1. The number of nitrogens with zero attached hydrogens (tertiary/aromatic N) is 3. The maximum Gasteiger partial charge on any atom is 0.122 e. The summed E-state index contributed by atoms with van der Waals surface area (Å²) in [5.74, 6) is 1.89. The Kier molecular flexibility index (Phi) is 8.52. The molecule has 1 aliphatic heterocycles. The van der Waals surface area contributed by atoms with Gasteiger partial charge in [-0.1, -0.05) is 31.5 Å². The topological polar surface area (TPSA) is 70.8 Å². The van der Waals surface area contributed by atoms with Gasteiger partial charge in [-0.25, -0.2) is 4.98 Å². The zero-order valence-corrected chi connectivity index (χ0v) is 17.5. The fraction of sp³-hybridized carbons (Fsp3) is 0.609. The minimum absolute atomic E-state index is 0.110. The summed E-state index contributed by atoms with van der Waals surface area (Å²) in [6.07, 6.45) is 8.14. The second kappa shape index (κ2) is 11.3. The molecule has 0 amide bonds.